The van der Waals surface area contributed by atoms with Gasteiger partial charge in [-0.15, -0.1) is 0 Å². The van der Waals surface area contributed by atoms with E-state index in [1.54, 1.807) is 0 Å². The lowest BCUT2D eigenvalue weighted by Crippen LogP contribution is -2.14. The van der Waals surface area contributed by atoms with Gasteiger partial charge in [-0.05, 0) is 31.2 Å². The van der Waals surface area contributed by atoms with E-state index in [0.717, 1.165) is 18.9 Å². The van der Waals surface area contributed by atoms with Gasteiger partial charge in [0.1, 0.15) is 0 Å². The number of nitrogens with zero attached hydrogens (tertiary/aromatic N) is 2. The standard InChI is InChI=1S/C12H19BrN2/c1-3-8-15-12(6-7-14-15)10-4-5-11(13)9(10)2/h6-7,9-11H,3-5,8H2,1-2H3. The van der Waals surface area contributed by atoms with Gasteiger partial charge in [-0.25, -0.2) is 0 Å². The number of hydrogen-bond acceptors (Lipinski definition) is 1. The molecule has 1 aliphatic carbocycles. The summed E-state index contributed by atoms with van der Waals surface area (Å²) >= 11 is 3.76. The van der Waals surface area contributed by atoms with Crippen LogP contribution in [0.3, 0.4) is 0 Å². The van der Waals surface area contributed by atoms with Crippen molar-refractivity contribution < 1.29 is 0 Å². The van der Waals surface area contributed by atoms with E-state index >= 15 is 0 Å². The number of hydrogen-bond donors (Lipinski definition) is 0. The van der Waals surface area contributed by atoms with Crippen LogP contribution in [-0.4, -0.2) is 14.6 Å². The van der Waals surface area contributed by atoms with Crippen molar-refractivity contribution in [3.05, 3.63) is 18.0 Å². The minimum absolute atomic E-state index is 0.687. The first-order valence-electron chi connectivity index (χ1n) is 5.89. The number of rotatable bonds is 3. The van der Waals surface area contributed by atoms with Gasteiger partial charge in [0, 0.05) is 29.2 Å². The van der Waals surface area contributed by atoms with Crippen LogP contribution in [0.25, 0.3) is 0 Å². The SMILES string of the molecule is CCCn1nccc1C1CCC(Br)C1C. The van der Waals surface area contributed by atoms with Crippen LogP contribution in [0.5, 0.6) is 0 Å². The van der Waals surface area contributed by atoms with Gasteiger partial charge in [-0.2, -0.15) is 5.10 Å². The summed E-state index contributed by atoms with van der Waals surface area (Å²) in [5.41, 5.74) is 1.44. The highest BCUT2D eigenvalue weighted by Crippen LogP contribution is 2.42. The Morgan fingerprint density at radius 3 is 2.93 bits per heavy atom. The molecule has 0 radical (unpaired) electrons. The fourth-order valence-corrected chi connectivity index (χ4v) is 3.22. The maximum atomic E-state index is 4.41. The van der Waals surface area contributed by atoms with Crippen molar-refractivity contribution in [2.75, 3.05) is 0 Å². The van der Waals surface area contributed by atoms with Crippen LogP contribution in [0.2, 0.25) is 0 Å². The van der Waals surface area contributed by atoms with Gasteiger partial charge in [0.15, 0.2) is 0 Å². The van der Waals surface area contributed by atoms with Crippen molar-refractivity contribution in [2.45, 2.75) is 50.4 Å². The quantitative estimate of drug-likeness (QED) is 0.768. The Morgan fingerprint density at radius 2 is 2.33 bits per heavy atom. The van der Waals surface area contributed by atoms with Crippen LogP contribution in [-0.2, 0) is 6.54 Å². The fraction of sp³-hybridized carbons (Fsp3) is 0.750. The molecule has 15 heavy (non-hydrogen) atoms. The van der Waals surface area contributed by atoms with E-state index in [4.69, 9.17) is 0 Å². The second kappa shape index (κ2) is 4.69. The van der Waals surface area contributed by atoms with Crippen LogP contribution in [0.1, 0.15) is 44.7 Å². The first-order valence-corrected chi connectivity index (χ1v) is 6.81. The highest BCUT2D eigenvalue weighted by atomic mass is 79.9. The zero-order chi connectivity index (χ0) is 10.8. The normalized spacial score (nSPS) is 31.0. The molecule has 1 heterocycles. The predicted molar refractivity (Wildman–Crippen MR) is 66.4 cm³/mol. The van der Waals surface area contributed by atoms with Gasteiger partial charge < -0.3 is 0 Å². The lowest BCUT2D eigenvalue weighted by molar-refractivity contribution is 0.478. The number of alkyl halides is 1. The zero-order valence-corrected chi connectivity index (χ0v) is 11.1. The average molecular weight is 271 g/mol. The van der Waals surface area contributed by atoms with Crippen LogP contribution < -0.4 is 0 Å². The van der Waals surface area contributed by atoms with Gasteiger partial charge in [-0.1, -0.05) is 29.8 Å². The molecule has 3 unspecified atom stereocenters. The summed E-state index contributed by atoms with van der Waals surface area (Å²) in [5, 5.41) is 4.41. The van der Waals surface area contributed by atoms with Gasteiger partial charge in [0.05, 0.1) is 0 Å². The summed E-state index contributed by atoms with van der Waals surface area (Å²) in [4.78, 5) is 0.687. The summed E-state index contributed by atoms with van der Waals surface area (Å²) in [6.07, 6.45) is 5.70. The first kappa shape index (κ1) is 11.2. The van der Waals surface area contributed by atoms with E-state index in [2.05, 4.69) is 45.6 Å². The van der Waals surface area contributed by atoms with Gasteiger partial charge in [0.2, 0.25) is 0 Å². The molecule has 1 aliphatic rings. The third kappa shape index (κ3) is 2.12. The van der Waals surface area contributed by atoms with E-state index in [0.29, 0.717) is 10.7 Å². The lowest BCUT2D eigenvalue weighted by Gasteiger charge is -2.18. The molecule has 2 nitrogen and oxygen atoms in total. The van der Waals surface area contributed by atoms with Gasteiger partial charge >= 0.3 is 0 Å². The molecule has 1 aromatic heterocycles. The molecule has 2 rings (SSSR count). The molecule has 0 N–H and O–H groups in total. The van der Waals surface area contributed by atoms with E-state index in [9.17, 15) is 0 Å². The molecule has 0 saturated heterocycles. The van der Waals surface area contributed by atoms with Crippen molar-refractivity contribution in [1.29, 1.82) is 0 Å². The largest absolute Gasteiger partial charge is 0.269 e. The molecule has 1 fully saturated rings. The summed E-state index contributed by atoms with van der Waals surface area (Å²) < 4.78 is 2.19. The molecule has 0 bridgehead atoms. The molecule has 3 heteroatoms. The second-order valence-electron chi connectivity index (χ2n) is 4.54. The molecule has 0 aliphatic heterocycles. The number of halogens is 1. The van der Waals surface area contributed by atoms with E-state index in [1.165, 1.54) is 18.5 Å². The number of aryl methyl sites for hydroxylation is 1. The molecule has 1 aromatic rings. The molecule has 0 amide bonds. The summed E-state index contributed by atoms with van der Waals surface area (Å²) in [6, 6.07) is 2.20. The minimum Gasteiger partial charge on any atom is -0.269 e. The fourth-order valence-electron chi connectivity index (χ4n) is 2.59. The molecular formula is C12H19BrN2. The molecule has 3 atom stereocenters. The topological polar surface area (TPSA) is 17.8 Å². The van der Waals surface area contributed by atoms with Crippen molar-refractivity contribution in [1.82, 2.24) is 9.78 Å². The Labute approximate surface area is 100 Å². The summed E-state index contributed by atoms with van der Waals surface area (Å²) in [5.74, 6) is 1.43. The van der Waals surface area contributed by atoms with Crippen molar-refractivity contribution >= 4 is 15.9 Å². The highest BCUT2D eigenvalue weighted by molar-refractivity contribution is 9.09. The van der Waals surface area contributed by atoms with Crippen LogP contribution >= 0.6 is 15.9 Å². The zero-order valence-electron chi connectivity index (χ0n) is 9.49. The molecule has 1 saturated carbocycles. The maximum Gasteiger partial charge on any atom is 0.0492 e. The van der Waals surface area contributed by atoms with Gasteiger partial charge in [-0.3, -0.25) is 4.68 Å². The van der Waals surface area contributed by atoms with Crippen LogP contribution in [0, 0.1) is 5.92 Å². The summed E-state index contributed by atoms with van der Waals surface area (Å²) in [6.45, 7) is 5.61. The monoisotopic (exact) mass is 270 g/mol. The van der Waals surface area contributed by atoms with E-state index in [-0.39, 0.29) is 0 Å². The van der Waals surface area contributed by atoms with Crippen LogP contribution in [0.15, 0.2) is 12.3 Å². The predicted octanol–water partition coefficient (Wildman–Crippen LogP) is 3.57. The Bertz CT molecular complexity index is 321. The third-order valence-electron chi connectivity index (χ3n) is 3.52. The van der Waals surface area contributed by atoms with Crippen molar-refractivity contribution in [3.63, 3.8) is 0 Å². The number of aromatic nitrogens is 2. The Hall–Kier alpha value is -0.310. The van der Waals surface area contributed by atoms with Crippen LogP contribution in [0.4, 0.5) is 0 Å². The Kier molecular flexibility index (Phi) is 3.49. The van der Waals surface area contributed by atoms with Crippen molar-refractivity contribution in [2.24, 2.45) is 5.92 Å². The molecule has 0 aromatic carbocycles. The van der Waals surface area contributed by atoms with E-state index < -0.39 is 0 Å². The third-order valence-corrected chi connectivity index (χ3v) is 4.82. The first-order chi connectivity index (χ1) is 7.24. The average Bonchev–Trinajstić information content (AvgIpc) is 2.77. The van der Waals surface area contributed by atoms with Crippen molar-refractivity contribution in [3.8, 4) is 0 Å². The lowest BCUT2D eigenvalue weighted by atomic mass is 9.94. The minimum atomic E-state index is 0.687. The Morgan fingerprint density at radius 1 is 1.53 bits per heavy atom. The maximum absolute atomic E-state index is 4.41. The smallest absolute Gasteiger partial charge is 0.0492 e. The van der Waals surface area contributed by atoms with E-state index in [1.807, 2.05) is 6.20 Å². The molecular weight excluding hydrogens is 252 g/mol. The summed E-state index contributed by atoms with van der Waals surface area (Å²) in [7, 11) is 0. The molecule has 84 valence electrons. The highest BCUT2D eigenvalue weighted by Gasteiger charge is 2.33. The Balaban J connectivity index is 2.18. The molecule has 0 spiro atoms. The van der Waals surface area contributed by atoms with Gasteiger partial charge in [0.25, 0.3) is 0 Å². The second-order valence-corrected chi connectivity index (χ2v) is 5.71.